The minimum atomic E-state index is 0.584. The standard InChI is InChI=1S/C14H14Cl2N2O/c1-2-19-12-7-10(17)6-11(8-12)18-14-5-9(15)3-4-13(14)16/h3-8,18H,2,17H2,1H3. The van der Waals surface area contributed by atoms with E-state index < -0.39 is 0 Å². The molecule has 19 heavy (non-hydrogen) atoms. The van der Waals surface area contributed by atoms with E-state index in [0.717, 1.165) is 11.4 Å². The smallest absolute Gasteiger partial charge is 0.123 e. The second-order valence-corrected chi connectivity index (χ2v) is 4.82. The highest BCUT2D eigenvalue weighted by Crippen LogP contribution is 2.31. The van der Waals surface area contributed by atoms with Gasteiger partial charge in [-0.1, -0.05) is 23.2 Å². The van der Waals surface area contributed by atoms with Gasteiger partial charge in [0, 0.05) is 28.5 Å². The van der Waals surface area contributed by atoms with Crippen LogP contribution in [-0.2, 0) is 0 Å². The van der Waals surface area contributed by atoms with Crippen molar-refractivity contribution in [3.63, 3.8) is 0 Å². The summed E-state index contributed by atoms with van der Waals surface area (Å²) in [4.78, 5) is 0. The first-order valence-corrected chi connectivity index (χ1v) is 6.59. The van der Waals surface area contributed by atoms with E-state index >= 15 is 0 Å². The van der Waals surface area contributed by atoms with Crippen molar-refractivity contribution in [3.8, 4) is 5.75 Å². The Balaban J connectivity index is 2.29. The van der Waals surface area contributed by atoms with E-state index in [-0.39, 0.29) is 0 Å². The molecule has 0 radical (unpaired) electrons. The predicted octanol–water partition coefficient (Wildman–Crippen LogP) is 4.72. The molecule has 3 nitrogen and oxygen atoms in total. The third-order valence-corrected chi connectivity index (χ3v) is 3.01. The molecule has 0 saturated carbocycles. The average Bonchev–Trinajstić information content (AvgIpc) is 2.33. The molecule has 0 aliphatic heterocycles. The summed E-state index contributed by atoms with van der Waals surface area (Å²) >= 11 is 12.1. The summed E-state index contributed by atoms with van der Waals surface area (Å²) in [5, 5.41) is 4.38. The molecule has 0 saturated heterocycles. The van der Waals surface area contributed by atoms with Crippen LogP contribution in [0.4, 0.5) is 17.1 Å². The molecule has 2 aromatic carbocycles. The number of nitrogens with two attached hydrogens (primary N) is 1. The molecule has 2 aromatic rings. The fourth-order valence-electron chi connectivity index (χ4n) is 1.69. The normalized spacial score (nSPS) is 10.3. The average molecular weight is 297 g/mol. The summed E-state index contributed by atoms with van der Waals surface area (Å²) in [6.45, 7) is 2.50. The highest BCUT2D eigenvalue weighted by Gasteiger charge is 2.04. The van der Waals surface area contributed by atoms with Crippen molar-refractivity contribution in [2.75, 3.05) is 17.7 Å². The molecule has 0 bridgehead atoms. The van der Waals surface area contributed by atoms with Crippen LogP contribution in [-0.4, -0.2) is 6.61 Å². The van der Waals surface area contributed by atoms with Gasteiger partial charge in [0.15, 0.2) is 0 Å². The van der Waals surface area contributed by atoms with E-state index in [2.05, 4.69) is 5.32 Å². The molecular weight excluding hydrogens is 283 g/mol. The van der Waals surface area contributed by atoms with Crippen LogP contribution in [0.5, 0.6) is 5.75 Å². The van der Waals surface area contributed by atoms with Gasteiger partial charge in [0.05, 0.1) is 17.3 Å². The van der Waals surface area contributed by atoms with E-state index in [9.17, 15) is 0 Å². The first-order chi connectivity index (χ1) is 9.08. The Labute approximate surface area is 122 Å². The van der Waals surface area contributed by atoms with Gasteiger partial charge in [-0.2, -0.15) is 0 Å². The third kappa shape index (κ3) is 3.69. The molecule has 2 rings (SSSR count). The molecule has 0 heterocycles. The molecule has 0 aromatic heterocycles. The Bertz CT molecular complexity index is 588. The quantitative estimate of drug-likeness (QED) is 0.803. The van der Waals surface area contributed by atoms with Gasteiger partial charge in [-0.25, -0.2) is 0 Å². The highest BCUT2D eigenvalue weighted by molar-refractivity contribution is 6.35. The van der Waals surface area contributed by atoms with E-state index in [1.165, 1.54) is 0 Å². The Morgan fingerprint density at radius 3 is 2.68 bits per heavy atom. The Morgan fingerprint density at radius 2 is 1.95 bits per heavy atom. The fraction of sp³-hybridized carbons (Fsp3) is 0.143. The summed E-state index contributed by atoms with van der Waals surface area (Å²) in [5.74, 6) is 0.711. The van der Waals surface area contributed by atoms with Crippen LogP contribution in [0.15, 0.2) is 36.4 Å². The minimum absolute atomic E-state index is 0.584. The van der Waals surface area contributed by atoms with Crippen molar-refractivity contribution in [2.45, 2.75) is 6.92 Å². The van der Waals surface area contributed by atoms with Crippen molar-refractivity contribution in [2.24, 2.45) is 0 Å². The van der Waals surface area contributed by atoms with Gasteiger partial charge in [-0.15, -0.1) is 0 Å². The van der Waals surface area contributed by atoms with Gasteiger partial charge in [0.25, 0.3) is 0 Å². The van der Waals surface area contributed by atoms with E-state index in [4.69, 9.17) is 33.7 Å². The number of nitrogens with one attached hydrogen (secondary N) is 1. The number of benzene rings is 2. The number of nitrogen functional groups attached to an aromatic ring is 1. The van der Waals surface area contributed by atoms with Crippen LogP contribution in [0.3, 0.4) is 0 Å². The van der Waals surface area contributed by atoms with Gasteiger partial charge in [0.2, 0.25) is 0 Å². The Morgan fingerprint density at radius 1 is 1.16 bits per heavy atom. The van der Waals surface area contributed by atoms with Crippen molar-refractivity contribution in [1.82, 2.24) is 0 Å². The summed E-state index contributed by atoms with van der Waals surface area (Å²) in [6, 6.07) is 10.7. The Hall–Kier alpha value is -1.58. The van der Waals surface area contributed by atoms with Gasteiger partial charge in [0.1, 0.15) is 5.75 Å². The van der Waals surface area contributed by atoms with Crippen molar-refractivity contribution < 1.29 is 4.74 Å². The van der Waals surface area contributed by atoms with Gasteiger partial charge < -0.3 is 15.8 Å². The number of hydrogen-bond donors (Lipinski definition) is 2. The maximum atomic E-state index is 6.10. The highest BCUT2D eigenvalue weighted by atomic mass is 35.5. The SMILES string of the molecule is CCOc1cc(N)cc(Nc2cc(Cl)ccc2Cl)c1. The zero-order valence-corrected chi connectivity index (χ0v) is 11.9. The molecule has 3 N–H and O–H groups in total. The molecule has 0 unspecified atom stereocenters. The predicted molar refractivity (Wildman–Crippen MR) is 81.8 cm³/mol. The number of rotatable bonds is 4. The van der Waals surface area contributed by atoms with Crippen LogP contribution in [0.25, 0.3) is 0 Å². The Kier molecular flexibility index (Phi) is 4.40. The first-order valence-electron chi connectivity index (χ1n) is 5.84. The number of halogens is 2. The molecule has 0 aliphatic carbocycles. The summed E-state index contributed by atoms with van der Waals surface area (Å²) in [5.41, 5.74) is 7.97. The van der Waals surface area contributed by atoms with E-state index in [1.54, 1.807) is 30.3 Å². The largest absolute Gasteiger partial charge is 0.494 e. The lowest BCUT2D eigenvalue weighted by Gasteiger charge is -2.12. The molecule has 0 atom stereocenters. The van der Waals surface area contributed by atoms with Crippen LogP contribution in [0.1, 0.15) is 6.92 Å². The summed E-state index contributed by atoms with van der Waals surface area (Å²) in [6.07, 6.45) is 0. The lowest BCUT2D eigenvalue weighted by molar-refractivity contribution is 0.340. The molecule has 0 aliphatic rings. The second kappa shape index (κ2) is 6.04. The van der Waals surface area contributed by atoms with Crippen molar-refractivity contribution in [1.29, 1.82) is 0 Å². The second-order valence-electron chi connectivity index (χ2n) is 3.97. The zero-order chi connectivity index (χ0) is 13.8. The van der Waals surface area contributed by atoms with Crippen molar-refractivity contribution >= 4 is 40.3 Å². The van der Waals surface area contributed by atoms with Gasteiger partial charge in [-0.05, 0) is 31.2 Å². The lowest BCUT2D eigenvalue weighted by atomic mass is 10.2. The number of anilines is 3. The molecule has 0 fully saturated rings. The monoisotopic (exact) mass is 296 g/mol. The topological polar surface area (TPSA) is 47.3 Å². The van der Waals surface area contributed by atoms with Crippen LogP contribution >= 0.6 is 23.2 Å². The van der Waals surface area contributed by atoms with E-state index in [1.807, 2.05) is 13.0 Å². The number of hydrogen-bond acceptors (Lipinski definition) is 3. The molecule has 5 heteroatoms. The number of ether oxygens (including phenoxy) is 1. The van der Waals surface area contributed by atoms with Crippen LogP contribution in [0, 0.1) is 0 Å². The fourth-order valence-corrected chi connectivity index (χ4v) is 2.03. The first kappa shape index (κ1) is 13.8. The maximum absolute atomic E-state index is 6.10. The summed E-state index contributed by atoms with van der Waals surface area (Å²) in [7, 11) is 0. The molecule has 0 amide bonds. The van der Waals surface area contributed by atoms with E-state index in [0.29, 0.717) is 28.1 Å². The van der Waals surface area contributed by atoms with Gasteiger partial charge >= 0.3 is 0 Å². The van der Waals surface area contributed by atoms with Crippen molar-refractivity contribution in [3.05, 3.63) is 46.4 Å². The zero-order valence-electron chi connectivity index (χ0n) is 10.4. The van der Waals surface area contributed by atoms with Crippen LogP contribution in [0.2, 0.25) is 10.0 Å². The molecular formula is C14H14Cl2N2O. The lowest BCUT2D eigenvalue weighted by Crippen LogP contribution is -1.97. The molecule has 100 valence electrons. The summed E-state index contributed by atoms with van der Waals surface area (Å²) < 4.78 is 5.44. The molecule has 0 spiro atoms. The van der Waals surface area contributed by atoms with Crippen LogP contribution < -0.4 is 15.8 Å². The minimum Gasteiger partial charge on any atom is -0.494 e. The maximum Gasteiger partial charge on any atom is 0.123 e. The third-order valence-electron chi connectivity index (χ3n) is 2.45. The van der Waals surface area contributed by atoms with Gasteiger partial charge in [-0.3, -0.25) is 0 Å².